The third kappa shape index (κ3) is 3.93. The molecule has 2 nitrogen and oxygen atoms in total. The molecule has 2 aromatic carbocycles. The van der Waals surface area contributed by atoms with Crippen LogP contribution in [0.3, 0.4) is 0 Å². The molecule has 0 amide bonds. The van der Waals surface area contributed by atoms with Gasteiger partial charge in [0.05, 0.1) is 0 Å². The van der Waals surface area contributed by atoms with Crippen molar-refractivity contribution in [1.29, 1.82) is 0 Å². The highest BCUT2D eigenvalue weighted by atomic mass is 32.2. The first-order chi connectivity index (χ1) is 9.04. The van der Waals surface area contributed by atoms with Crippen LogP contribution in [0.15, 0.2) is 36.4 Å². The summed E-state index contributed by atoms with van der Waals surface area (Å²) in [5, 5.41) is 9.75. The summed E-state index contributed by atoms with van der Waals surface area (Å²) in [4.78, 5) is 0. The second kappa shape index (κ2) is 6.02. The quantitative estimate of drug-likeness (QED) is 0.653. The molecule has 0 unspecified atom stereocenters. The molecule has 0 saturated heterocycles. The largest absolute Gasteiger partial charge is 0.508 e. The van der Waals surface area contributed by atoms with E-state index in [0.29, 0.717) is 11.4 Å². The summed E-state index contributed by atoms with van der Waals surface area (Å²) in [6, 6.07) is 11.8. The first-order valence-corrected chi connectivity index (χ1v) is 7.42. The second-order valence-electron chi connectivity index (χ2n) is 4.88. The molecule has 0 aliphatic heterocycles. The molecular weight excluding hydrogens is 254 g/mol. The van der Waals surface area contributed by atoms with Gasteiger partial charge in [0.1, 0.15) is 5.75 Å². The minimum absolute atomic E-state index is 0.321. The van der Waals surface area contributed by atoms with E-state index in [4.69, 9.17) is 5.73 Å². The van der Waals surface area contributed by atoms with E-state index in [-0.39, 0.29) is 0 Å². The van der Waals surface area contributed by atoms with Crippen LogP contribution in [0, 0.1) is 13.8 Å². The summed E-state index contributed by atoms with van der Waals surface area (Å²) in [6.45, 7) is 4.23. The molecule has 0 aliphatic rings. The predicted octanol–water partition coefficient (Wildman–Crippen LogP) is 4.02. The Hall–Kier alpha value is -1.61. The maximum absolute atomic E-state index is 9.75. The Labute approximate surface area is 118 Å². The molecule has 0 aromatic heterocycles. The van der Waals surface area contributed by atoms with E-state index in [1.54, 1.807) is 23.9 Å². The summed E-state index contributed by atoms with van der Waals surface area (Å²) < 4.78 is 0. The minimum atomic E-state index is 0.321. The van der Waals surface area contributed by atoms with E-state index >= 15 is 0 Å². The molecule has 100 valence electrons. The zero-order valence-corrected chi connectivity index (χ0v) is 12.1. The fraction of sp³-hybridized carbons (Fsp3) is 0.250. The van der Waals surface area contributed by atoms with Gasteiger partial charge in [-0.05, 0) is 37.6 Å². The van der Waals surface area contributed by atoms with Gasteiger partial charge >= 0.3 is 0 Å². The van der Waals surface area contributed by atoms with Crippen molar-refractivity contribution in [2.45, 2.75) is 25.4 Å². The van der Waals surface area contributed by atoms with E-state index in [1.165, 1.54) is 16.7 Å². The molecule has 0 aliphatic carbocycles. The van der Waals surface area contributed by atoms with E-state index in [2.05, 4.69) is 32.0 Å². The zero-order valence-electron chi connectivity index (χ0n) is 11.3. The van der Waals surface area contributed by atoms with Crippen LogP contribution in [0.5, 0.6) is 5.75 Å². The fourth-order valence-electron chi connectivity index (χ4n) is 2.15. The van der Waals surface area contributed by atoms with Gasteiger partial charge in [-0.15, -0.1) is 0 Å². The first-order valence-electron chi connectivity index (χ1n) is 6.27. The van der Waals surface area contributed by atoms with Crippen molar-refractivity contribution >= 4 is 17.4 Å². The van der Waals surface area contributed by atoms with Gasteiger partial charge in [0.15, 0.2) is 0 Å². The number of thioether (sulfide) groups is 1. The summed E-state index contributed by atoms with van der Waals surface area (Å²) >= 11 is 1.78. The molecule has 0 saturated carbocycles. The van der Waals surface area contributed by atoms with Crippen LogP contribution >= 0.6 is 11.8 Å². The molecule has 0 fully saturated rings. The number of nitrogens with two attached hydrogens (primary N) is 1. The van der Waals surface area contributed by atoms with E-state index in [9.17, 15) is 5.11 Å². The van der Waals surface area contributed by atoms with Crippen molar-refractivity contribution < 1.29 is 5.11 Å². The summed E-state index contributed by atoms with van der Waals surface area (Å²) in [5.74, 6) is 2.03. The molecule has 2 aromatic rings. The minimum Gasteiger partial charge on any atom is -0.508 e. The number of benzene rings is 2. The standard InChI is InChI=1S/C16H19NOS/c1-11-5-12(2)7-13(6-11)9-19-10-14-8-15(17)3-4-16(14)18/h3-8,18H,9-10,17H2,1-2H3. The van der Waals surface area contributed by atoms with Crippen LogP contribution in [0.25, 0.3) is 0 Å². The number of phenolic OH excluding ortho intramolecular Hbond substituents is 1. The third-order valence-corrected chi connectivity index (χ3v) is 3.96. The molecule has 0 heterocycles. The summed E-state index contributed by atoms with van der Waals surface area (Å²) in [7, 11) is 0. The number of rotatable bonds is 4. The Morgan fingerprint density at radius 1 is 1.00 bits per heavy atom. The van der Waals surface area contributed by atoms with E-state index < -0.39 is 0 Å². The highest BCUT2D eigenvalue weighted by molar-refractivity contribution is 7.97. The zero-order chi connectivity index (χ0) is 13.8. The normalized spacial score (nSPS) is 10.6. The lowest BCUT2D eigenvalue weighted by Crippen LogP contribution is -1.90. The van der Waals surface area contributed by atoms with E-state index in [0.717, 1.165) is 17.1 Å². The Kier molecular flexibility index (Phi) is 4.38. The van der Waals surface area contributed by atoms with Crippen LogP contribution in [0.4, 0.5) is 5.69 Å². The van der Waals surface area contributed by atoms with Crippen LogP contribution in [0.1, 0.15) is 22.3 Å². The third-order valence-electron chi connectivity index (χ3n) is 2.91. The van der Waals surface area contributed by atoms with Crippen molar-refractivity contribution in [2.24, 2.45) is 0 Å². The van der Waals surface area contributed by atoms with Gasteiger partial charge in [-0.2, -0.15) is 11.8 Å². The van der Waals surface area contributed by atoms with Crippen molar-refractivity contribution in [2.75, 3.05) is 5.73 Å². The lowest BCUT2D eigenvalue weighted by Gasteiger charge is -2.07. The Balaban J connectivity index is 1.98. The highest BCUT2D eigenvalue weighted by Crippen LogP contribution is 2.26. The molecule has 19 heavy (non-hydrogen) atoms. The Morgan fingerprint density at radius 2 is 1.68 bits per heavy atom. The van der Waals surface area contributed by atoms with Crippen molar-refractivity contribution in [1.82, 2.24) is 0 Å². The second-order valence-corrected chi connectivity index (χ2v) is 5.86. The molecule has 3 heteroatoms. The molecule has 0 radical (unpaired) electrons. The van der Waals surface area contributed by atoms with Crippen molar-refractivity contribution in [3.05, 3.63) is 58.7 Å². The first kappa shape index (κ1) is 13.8. The van der Waals surface area contributed by atoms with Gasteiger partial charge in [-0.1, -0.05) is 29.3 Å². The molecule has 0 atom stereocenters. The smallest absolute Gasteiger partial charge is 0.119 e. The number of anilines is 1. The number of aromatic hydroxyl groups is 1. The number of nitrogen functional groups attached to an aromatic ring is 1. The lowest BCUT2D eigenvalue weighted by atomic mass is 10.1. The molecular formula is C16H19NOS. The molecule has 0 bridgehead atoms. The van der Waals surface area contributed by atoms with E-state index in [1.807, 2.05) is 6.07 Å². The van der Waals surface area contributed by atoms with Gasteiger partial charge in [-0.25, -0.2) is 0 Å². The fourth-order valence-corrected chi connectivity index (χ4v) is 3.11. The number of aryl methyl sites for hydroxylation is 2. The average molecular weight is 273 g/mol. The molecule has 0 spiro atoms. The van der Waals surface area contributed by atoms with Crippen LogP contribution in [-0.4, -0.2) is 5.11 Å². The maximum Gasteiger partial charge on any atom is 0.119 e. The summed E-state index contributed by atoms with van der Waals surface area (Å²) in [6.07, 6.45) is 0. The average Bonchev–Trinajstić information content (AvgIpc) is 2.32. The van der Waals surface area contributed by atoms with Crippen LogP contribution < -0.4 is 5.73 Å². The van der Waals surface area contributed by atoms with Crippen LogP contribution in [0.2, 0.25) is 0 Å². The van der Waals surface area contributed by atoms with Crippen molar-refractivity contribution in [3.63, 3.8) is 0 Å². The van der Waals surface area contributed by atoms with Crippen LogP contribution in [-0.2, 0) is 11.5 Å². The number of phenols is 1. The van der Waals surface area contributed by atoms with Gasteiger partial charge < -0.3 is 10.8 Å². The molecule has 3 N–H and O–H groups in total. The monoisotopic (exact) mass is 273 g/mol. The lowest BCUT2D eigenvalue weighted by molar-refractivity contribution is 0.471. The van der Waals surface area contributed by atoms with Gasteiger partial charge in [0.2, 0.25) is 0 Å². The van der Waals surface area contributed by atoms with Crippen molar-refractivity contribution in [3.8, 4) is 5.75 Å². The SMILES string of the molecule is Cc1cc(C)cc(CSCc2cc(N)ccc2O)c1. The highest BCUT2D eigenvalue weighted by Gasteiger charge is 2.03. The summed E-state index contributed by atoms with van der Waals surface area (Å²) in [5.41, 5.74) is 11.2. The molecule has 2 rings (SSSR count). The number of hydrogen-bond acceptors (Lipinski definition) is 3. The van der Waals surface area contributed by atoms with Gasteiger partial charge in [0, 0.05) is 22.8 Å². The van der Waals surface area contributed by atoms with Gasteiger partial charge in [0.25, 0.3) is 0 Å². The Bertz CT molecular complexity index is 561. The number of hydrogen-bond donors (Lipinski definition) is 2. The topological polar surface area (TPSA) is 46.2 Å². The maximum atomic E-state index is 9.75. The predicted molar refractivity (Wildman–Crippen MR) is 83.4 cm³/mol. The van der Waals surface area contributed by atoms with Gasteiger partial charge in [-0.3, -0.25) is 0 Å². The Morgan fingerprint density at radius 3 is 2.37 bits per heavy atom.